The number of aryl methyl sites for hydroxylation is 1. The first-order valence-corrected chi connectivity index (χ1v) is 10.3. The van der Waals surface area contributed by atoms with Crippen molar-refractivity contribution >= 4 is 39.1 Å². The Morgan fingerprint density at radius 2 is 1.67 bits per heavy atom. The number of nitrogens with zero attached hydrogens (tertiary/aromatic N) is 2. The van der Waals surface area contributed by atoms with Crippen molar-refractivity contribution in [3.05, 3.63) is 77.9 Å². The Kier molecular flexibility index (Phi) is 5.54. The molecule has 1 heterocycles. The summed E-state index contributed by atoms with van der Waals surface area (Å²) in [5, 5.41) is 16.8. The van der Waals surface area contributed by atoms with Crippen molar-refractivity contribution in [1.82, 2.24) is 15.5 Å². The van der Waals surface area contributed by atoms with Crippen molar-refractivity contribution in [2.75, 3.05) is 5.32 Å². The van der Waals surface area contributed by atoms with E-state index in [1.807, 2.05) is 67.6 Å². The summed E-state index contributed by atoms with van der Waals surface area (Å²) < 4.78 is 0. The number of carbonyl (C=O) groups excluding carboxylic acids is 2. The molecule has 2 N–H and O–H groups in total. The number of rotatable bonds is 5. The minimum atomic E-state index is -0.726. The molecule has 0 unspecified atom stereocenters. The van der Waals surface area contributed by atoms with Crippen LogP contribution in [0.5, 0.6) is 0 Å². The van der Waals surface area contributed by atoms with E-state index in [-0.39, 0.29) is 11.8 Å². The lowest BCUT2D eigenvalue weighted by Crippen LogP contribution is -2.41. The monoisotopic (exact) mass is 416 g/mol. The first-order chi connectivity index (χ1) is 14.5. The maximum atomic E-state index is 12.6. The van der Waals surface area contributed by atoms with E-state index < -0.39 is 6.04 Å². The maximum absolute atomic E-state index is 12.6. The number of aromatic nitrogens is 2. The number of benzene rings is 3. The van der Waals surface area contributed by atoms with Crippen LogP contribution >= 0.6 is 11.3 Å². The zero-order valence-corrected chi connectivity index (χ0v) is 17.4. The number of anilines is 1. The Morgan fingerprint density at radius 1 is 0.933 bits per heavy atom. The molecule has 0 saturated carbocycles. The number of amides is 2. The average Bonchev–Trinajstić information content (AvgIpc) is 3.22. The summed E-state index contributed by atoms with van der Waals surface area (Å²) in [5.41, 5.74) is 2.61. The van der Waals surface area contributed by atoms with Crippen LogP contribution in [0.15, 0.2) is 66.7 Å². The molecular formula is C23H20N4O2S. The third kappa shape index (κ3) is 4.36. The molecule has 30 heavy (non-hydrogen) atoms. The van der Waals surface area contributed by atoms with Gasteiger partial charge in [0, 0.05) is 11.1 Å². The summed E-state index contributed by atoms with van der Waals surface area (Å²) in [6.45, 7) is 3.65. The van der Waals surface area contributed by atoms with Crippen LogP contribution in [-0.2, 0) is 4.79 Å². The molecule has 0 fully saturated rings. The van der Waals surface area contributed by atoms with Crippen molar-refractivity contribution in [3.63, 3.8) is 0 Å². The van der Waals surface area contributed by atoms with Gasteiger partial charge in [-0.05, 0) is 36.8 Å². The first-order valence-electron chi connectivity index (χ1n) is 9.51. The summed E-state index contributed by atoms with van der Waals surface area (Å²) >= 11 is 1.29. The van der Waals surface area contributed by atoms with Crippen LogP contribution < -0.4 is 10.6 Å². The third-order valence-corrected chi connectivity index (χ3v) is 5.59. The number of nitrogens with one attached hydrogen (secondary N) is 2. The molecule has 4 aromatic rings. The lowest BCUT2D eigenvalue weighted by molar-refractivity contribution is -0.117. The molecule has 0 saturated heterocycles. The van der Waals surface area contributed by atoms with Crippen LogP contribution in [0, 0.1) is 6.92 Å². The van der Waals surface area contributed by atoms with Crippen molar-refractivity contribution < 1.29 is 9.59 Å². The smallest absolute Gasteiger partial charge is 0.251 e. The topological polar surface area (TPSA) is 84.0 Å². The second-order valence-electron chi connectivity index (χ2n) is 7.02. The molecule has 150 valence electrons. The van der Waals surface area contributed by atoms with Crippen molar-refractivity contribution in [2.24, 2.45) is 0 Å². The molecule has 2 amide bonds. The van der Waals surface area contributed by atoms with Crippen LogP contribution in [0.25, 0.3) is 21.3 Å². The van der Waals surface area contributed by atoms with Crippen LogP contribution in [0.4, 0.5) is 5.13 Å². The molecule has 0 aliphatic rings. The van der Waals surface area contributed by atoms with E-state index in [0.717, 1.165) is 26.9 Å². The maximum Gasteiger partial charge on any atom is 0.251 e. The van der Waals surface area contributed by atoms with Crippen molar-refractivity contribution in [3.8, 4) is 10.6 Å². The molecule has 3 aromatic carbocycles. The van der Waals surface area contributed by atoms with Gasteiger partial charge in [-0.3, -0.25) is 14.9 Å². The molecule has 0 radical (unpaired) electrons. The van der Waals surface area contributed by atoms with Gasteiger partial charge in [0.2, 0.25) is 11.0 Å². The van der Waals surface area contributed by atoms with E-state index in [0.29, 0.717) is 10.7 Å². The minimum Gasteiger partial charge on any atom is -0.341 e. The highest BCUT2D eigenvalue weighted by Crippen LogP contribution is 2.26. The third-order valence-electron chi connectivity index (χ3n) is 4.71. The van der Waals surface area contributed by atoms with Crippen LogP contribution in [-0.4, -0.2) is 28.1 Å². The normalized spacial score (nSPS) is 11.8. The quantitative estimate of drug-likeness (QED) is 0.504. The zero-order valence-electron chi connectivity index (χ0n) is 16.5. The van der Waals surface area contributed by atoms with Gasteiger partial charge in [-0.25, -0.2) is 0 Å². The Labute approximate surface area is 178 Å². The first kappa shape index (κ1) is 19.7. The standard InChI is InChI=1S/C23H20N4O2S/c1-14-7-9-17(10-8-14)22-26-27-23(30-22)25-20(28)15(2)24-21(29)19-12-11-16-5-3-4-6-18(16)13-19/h3-13,15H,1-2H3,(H,24,29)(H,25,27,28)/t15-/m1/s1. The highest BCUT2D eigenvalue weighted by Gasteiger charge is 2.19. The van der Waals surface area contributed by atoms with Gasteiger partial charge in [0.1, 0.15) is 11.0 Å². The highest BCUT2D eigenvalue weighted by molar-refractivity contribution is 7.18. The fourth-order valence-electron chi connectivity index (χ4n) is 2.98. The largest absolute Gasteiger partial charge is 0.341 e. The minimum absolute atomic E-state index is 0.305. The number of fused-ring (bicyclic) bond motifs is 1. The fourth-order valence-corrected chi connectivity index (χ4v) is 3.73. The van der Waals surface area contributed by atoms with Crippen LogP contribution in [0.3, 0.4) is 0 Å². The van der Waals surface area contributed by atoms with Crippen molar-refractivity contribution in [1.29, 1.82) is 0 Å². The summed E-state index contributed by atoms with van der Waals surface area (Å²) in [4.78, 5) is 25.1. The van der Waals surface area contributed by atoms with Crippen LogP contribution in [0.2, 0.25) is 0 Å². The fraction of sp³-hybridized carbons (Fsp3) is 0.130. The molecule has 1 atom stereocenters. The van der Waals surface area contributed by atoms with Gasteiger partial charge in [-0.1, -0.05) is 71.5 Å². The number of hydrogen-bond donors (Lipinski definition) is 2. The number of hydrogen-bond acceptors (Lipinski definition) is 5. The van der Waals surface area contributed by atoms with E-state index >= 15 is 0 Å². The van der Waals surface area contributed by atoms with E-state index in [4.69, 9.17) is 0 Å². The average molecular weight is 417 g/mol. The van der Waals surface area contributed by atoms with Gasteiger partial charge in [0.15, 0.2) is 0 Å². The zero-order chi connectivity index (χ0) is 21.1. The molecule has 0 aliphatic heterocycles. The predicted molar refractivity (Wildman–Crippen MR) is 120 cm³/mol. The van der Waals surface area contributed by atoms with Gasteiger partial charge in [-0.2, -0.15) is 0 Å². The van der Waals surface area contributed by atoms with Gasteiger partial charge >= 0.3 is 0 Å². The summed E-state index contributed by atoms with van der Waals surface area (Å²) in [7, 11) is 0. The summed E-state index contributed by atoms with van der Waals surface area (Å²) in [6.07, 6.45) is 0. The van der Waals surface area contributed by atoms with E-state index in [1.54, 1.807) is 13.0 Å². The summed E-state index contributed by atoms with van der Waals surface area (Å²) in [6, 6.07) is 20.5. The molecular weight excluding hydrogens is 396 g/mol. The van der Waals surface area contributed by atoms with Gasteiger partial charge < -0.3 is 5.32 Å². The summed E-state index contributed by atoms with van der Waals surface area (Å²) in [5.74, 6) is -0.656. The second-order valence-corrected chi connectivity index (χ2v) is 8.00. The Balaban J connectivity index is 1.39. The molecule has 0 spiro atoms. The SMILES string of the molecule is Cc1ccc(-c2nnc(NC(=O)[C@@H](C)NC(=O)c3ccc4ccccc4c3)s2)cc1. The Bertz CT molecular complexity index is 1220. The van der Waals surface area contributed by atoms with E-state index in [2.05, 4.69) is 20.8 Å². The molecule has 7 heteroatoms. The lowest BCUT2D eigenvalue weighted by Gasteiger charge is -2.13. The molecule has 0 aliphatic carbocycles. The molecule has 0 bridgehead atoms. The number of carbonyl (C=O) groups is 2. The Morgan fingerprint density at radius 3 is 2.43 bits per heavy atom. The lowest BCUT2D eigenvalue weighted by atomic mass is 10.1. The predicted octanol–water partition coefficient (Wildman–Crippen LogP) is 4.42. The van der Waals surface area contributed by atoms with Gasteiger partial charge in [0.05, 0.1) is 0 Å². The molecule has 6 nitrogen and oxygen atoms in total. The highest BCUT2D eigenvalue weighted by atomic mass is 32.1. The molecule has 4 rings (SSSR count). The Hall–Kier alpha value is -3.58. The van der Waals surface area contributed by atoms with E-state index in [1.165, 1.54) is 11.3 Å². The molecule has 1 aromatic heterocycles. The second kappa shape index (κ2) is 8.42. The van der Waals surface area contributed by atoms with Gasteiger partial charge in [0.25, 0.3) is 5.91 Å². The van der Waals surface area contributed by atoms with Gasteiger partial charge in [-0.15, -0.1) is 10.2 Å². The van der Waals surface area contributed by atoms with Crippen molar-refractivity contribution in [2.45, 2.75) is 19.9 Å². The van der Waals surface area contributed by atoms with Crippen LogP contribution in [0.1, 0.15) is 22.8 Å². The van der Waals surface area contributed by atoms with E-state index in [9.17, 15) is 9.59 Å².